The van der Waals surface area contributed by atoms with Gasteiger partial charge in [0.05, 0.1) is 6.61 Å². The fourth-order valence-electron chi connectivity index (χ4n) is 2.11. The maximum absolute atomic E-state index is 11.7. The van der Waals surface area contributed by atoms with E-state index in [4.69, 9.17) is 9.84 Å². The molecule has 0 aromatic heterocycles. The molecule has 1 saturated heterocycles. The summed E-state index contributed by atoms with van der Waals surface area (Å²) in [5.41, 5.74) is 1.11. The Morgan fingerprint density at radius 1 is 1.35 bits per heavy atom. The van der Waals surface area contributed by atoms with Gasteiger partial charge in [-0.1, -0.05) is 30.3 Å². The first-order valence-electron chi connectivity index (χ1n) is 5.86. The van der Waals surface area contributed by atoms with Crippen LogP contribution in [-0.2, 0) is 16.0 Å². The minimum absolute atomic E-state index is 0.0680. The van der Waals surface area contributed by atoms with E-state index in [9.17, 15) is 4.79 Å². The maximum Gasteiger partial charge on any atom is 0.323 e. The molecule has 1 N–H and O–H groups in total. The number of nitrogens with zero attached hydrogens (tertiary/aromatic N) is 1. The molecule has 1 aliphatic heterocycles. The Morgan fingerprint density at radius 2 is 2.12 bits per heavy atom. The van der Waals surface area contributed by atoms with Crippen molar-refractivity contribution < 1.29 is 14.6 Å². The first-order valence-corrected chi connectivity index (χ1v) is 5.86. The van der Waals surface area contributed by atoms with Gasteiger partial charge >= 0.3 is 5.97 Å². The number of aliphatic hydroxyl groups is 1. The Balaban J connectivity index is 2.07. The van der Waals surface area contributed by atoms with Crippen molar-refractivity contribution in [2.45, 2.75) is 12.5 Å². The van der Waals surface area contributed by atoms with Crippen molar-refractivity contribution in [3.05, 3.63) is 35.9 Å². The van der Waals surface area contributed by atoms with Crippen LogP contribution in [0.1, 0.15) is 5.56 Å². The summed E-state index contributed by atoms with van der Waals surface area (Å²) >= 11 is 0. The summed E-state index contributed by atoms with van der Waals surface area (Å²) in [6, 6.07) is 9.60. The van der Waals surface area contributed by atoms with E-state index in [1.165, 1.54) is 0 Å². The third-order valence-electron chi connectivity index (χ3n) is 2.99. The Hall–Kier alpha value is -1.39. The second-order valence-corrected chi connectivity index (χ2v) is 4.13. The van der Waals surface area contributed by atoms with Crippen molar-refractivity contribution in [3.8, 4) is 0 Å². The zero-order chi connectivity index (χ0) is 12.1. The number of β-amino-alcohol motifs (C(OH)–C–C–N with tert-alkyl or cyclic N) is 1. The van der Waals surface area contributed by atoms with Crippen molar-refractivity contribution in [3.63, 3.8) is 0 Å². The topological polar surface area (TPSA) is 49.8 Å². The van der Waals surface area contributed by atoms with Gasteiger partial charge in [0.25, 0.3) is 0 Å². The fourth-order valence-corrected chi connectivity index (χ4v) is 2.11. The van der Waals surface area contributed by atoms with Crippen molar-refractivity contribution in [2.75, 3.05) is 26.3 Å². The van der Waals surface area contributed by atoms with Gasteiger partial charge in [-0.2, -0.15) is 0 Å². The summed E-state index contributed by atoms with van der Waals surface area (Å²) in [7, 11) is 0. The van der Waals surface area contributed by atoms with E-state index < -0.39 is 0 Å². The highest BCUT2D eigenvalue weighted by Crippen LogP contribution is 2.13. The number of morpholine rings is 1. The predicted octanol–water partition coefficient (Wildman–Crippen LogP) is 0.449. The number of aliphatic hydroxyl groups excluding tert-OH is 1. The van der Waals surface area contributed by atoms with Crippen LogP contribution in [0.15, 0.2) is 30.3 Å². The van der Waals surface area contributed by atoms with Crippen molar-refractivity contribution >= 4 is 5.97 Å². The summed E-state index contributed by atoms with van der Waals surface area (Å²) in [6.07, 6.45) is 0.639. The molecule has 0 aliphatic carbocycles. The second kappa shape index (κ2) is 5.80. The van der Waals surface area contributed by atoms with Gasteiger partial charge in [0.15, 0.2) is 0 Å². The van der Waals surface area contributed by atoms with E-state index >= 15 is 0 Å². The van der Waals surface area contributed by atoms with E-state index in [0.717, 1.165) is 5.56 Å². The molecule has 0 unspecified atom stereocenters. The van der Waals surface area contributed by atoms with Gasteiger partial charge in [0.1, 0.15) is 12.6 Å². The lowest BCUT2D eigenvalue weighted by Crippen LogP contribution is -2.50. The predicted molar refractivity (Wildman–Crippen MR) is 63.6 cm³/mol. The van der Waals surface area contributed by atoms with E-state index in [-0.39, 0.29) is 18.6 Å². The number of ether oxygens (including phenoxy) is 1. The number of carbonyl (C=O) groups is 1. The first kappa shape index (κ1) is 12.1. The summed E-state index contributed by atoms with van der Waals surface area (Å²) in [4.78, 5) is 13.7. The minimum atomic E-state index is -0.265. The molecule has 1 heterocycles. The summed E-state index contributed by atoms with van der Waals surface area (Å²) in [5, 5.41) is 8.99. The third-order valence-corrected chi connectivity index (χ3v) is 2.99. The molecular formula is C13H17NO3. The zero-order valence-electron chi connectivity index (χ0n) is 9.71. The molecule has 0 saturated carbocycles. The maximum atomic E-state index is 11.7. The van der Waals surface area contributed by atoms with Crippen molar-refractivity contribution in [1.82, 2.24) is 4.90 Å². The lowest BCUT2D eigenvalue weighted by molar-refractivity contribution is -0.157. The van der Waals surface area contributed by atoms with Crippen LogP contribution in [0.3, 0.4) is 0 Å². The van der Waals surface area contributed by atoms with Crippen LogP contribution in [0.5, 0.6) is 0 Å². The lowest BCUT2D eigenvalue weighted by atomic mass is 10.0. The molecule has 0 amide bonds. The normalized spacial score (nSPS) is 21.2. The van der Waals surface area contributed by atoms with Crippen LogP contribution in [0.25, 0.3) is 0 Å². The minimum Gasteiger partial charge on any atom is -0.463 e. The van der Waals surface area contributed by atoms with Gasteiger partial charge in [-0.3, -0.25) is 9.69 Å². The number of carbonyl (C=O) groups excluding carboxylic acids is 1. The number of rotatable bonds is 4. The fraction of sp³-hybridized carbons (Fsp3) is 0.462. The highest BCUT2D eigenvalue weighted by atomic mass is 16.5. The monoisotopic (exact) mass is 235 g/mol. The molecule has 4 nitrogen and oxygen atoms in total. The molecule has 17 heavy (non-hydrogen) atoms. The number of hydrogen-bond donors (Lipinski definition) is 1. The van der Waals surface area contributed by atoms with Crippen molar-refractivity contribution in [2.24, 2.45) is 0 Å². The number of hydrogen-bond acceptors (Lipinski definition) is 4. The second-order valence-electron chi connectivity index (χ2n) is 4.13. The average molecular weight is 235 g/mol. The Labute approximate surface area is 101 Å². The van der Waals surface area contributed by atoms with Gasteiger partial charge in [-0.25, -0.2) is 0 Å². The molecule has 0 spiro atoms. The van der Waals surface area contributed by atoms with Crippen LogP contribution >= 0.6 is 0 Å². The molecule has 0 radical (unpaired) electrons. The first-order chi connectivity index (χ1) is 8.31. The summed E-state index contributed by atoms with van der Waals surface area (Å²) in [6.45, 7) is 1.71. The number of cyclic esters (lactones) is 1. The van der Waals surface area contributed by atoms with E-state index in [2.05, 4.69) is 0 Å². The smallest absolute Gasteiger partial charge is 0.323 e. The molecule has 0 bridgehead atoms. The largest absolute Gasteiger partial charge is 0.463 e. The molecule has 4 heteroatoms. The van der Waals surface area contributed by atoms with Crippen LogP contribution in [-0.4, -0.2) is 48.3 Å². The molecular weight excluding hydrogens is 218 g/mol. The highest BCUT2D eigenvalue weighted by molar-refractivity contribution is 5.76. The molecule has 1 aromatic carbocycles. The molecule has 1 atom stereocenters. The Bertz CT molecular complexity index is 364. The Morgan fingerprint density at radius 3 is 2.82 bits per heavy atom. The molecule has 2 rings (SSSR count). The van der Waals surface area contributed by atoms with Crippen LogP contribution < -0.4 is 0 Å². The highest BCUT2D eigenvalue weighted by Gasteiger charge is 2.30. The van der Waals surface area contributed by atoms with Crippen LogP contribution in [0, 0.1) is 0 Å². The SMILES string of the molecule is O=C1OCCN(CCO)[C@@H]1Cc1ccccc1. The van der Waals surface area contributed by atoms with E-state index in [0.29, 0.717) is 26.1 Å². The molecule has 1 aromatic rings. The molecule has 1 fully saturated rings. The van der Waals surface area contributed by atoms with Crippen molar-refractivity contribution in [1.29, 1.82) is 0 Å². The van der Waals surface area contributed by atoms with E-state index in [1.807, 2.05) is 35.2 Å². The zero-order valence-corrected chi connectivity index (χ0v) is 9.71. The average Bonchev–Trinajstić information content (AvgIpc) is 2.35. The summed E-state index contributed by atoms with van der Waals surface area (Å²) < 4.78 is 5.08. The van der Waals surface area contributed by atoms with Gasteiger partial charge in [0.2, 0.25) is 0 Å². The lowest BCUT2D eigenvalue weighted by Gasteiger charge is -2.33. The van der Waals surface area contributed by atoms with Crippen LogP contribution in [0.2, 0.25) is 0 Å². The third kappa shape index (κ3) is 3.05. The van der Waals surface area contributed by atoms with E-state index in [1.54, 1.807) is 0 Å². The Kier molecular flexibility index (Phi) is 4.12. The van der Waals surface area contributed by atoms with Crippen LogP contribution in [0.4, 0.5) is 0 Å². The molecule has 1 aliphatic rings. The van der Waals surface area contributed by atoms with Gasteiger partial charge in [0, 0.05) is 13.1 Å². The van der Waals surface area contributed by atoms with Gasteiger partial charge < -0.3 is 9.84 Å². The quantitative estimate of drug-likeness (QED) is 0.770. The standard InChI is InChI=1S/C13H17NO3/c15-8-6-14-7-9-17-13(16)12(14)10-11-4-2-1-3-5-11/h1-5,12,15H,6-10H2/t12-/m1/s1. The number of esters is 1. The van der Waals surface area contributed by atoms with Gasteiger partial charge in [-0.05, 0) is 12.0 Å². The molecule has 92 valence electrons. The number of benzene rings is 1. The van der Waals surface area contributed by atoms with Gasteiger partial charge in [-0.15, -0.1) is 0 Å². The summed E-state index contributed by atoms with van der Waals surface area (Å²) in [5.74, 6) is -0.187.